The molecule has 1 aliphatic rings. The minimum atomic E-state index is -0.646. The second kappa shape index (κ2) is 18.8. The van der Waals surface area contributed by atoms with E-state index in [2.05, 4.69) is 224 Å². The van der Waals surface area contributed by atoms with Crippen molar-refractivity contribution in [2.75, 3.05) is 0 Å². The molecular formula is C70H66F2N4O+2. The normalized spacial score (nSPS) is 13.0. The van der Waals surface area contributed by atoms with Crippen LogP contribution in [0, 0.1) is 11.6 Å². The fraction of sp³-hybridized carbons (Fsp3) is 0.229. The highest BCUT2D eigenvalue weighted by Crippen LogP contribution is 2.49. The highest BCUT2D eigenvalue weighted by Gasteiger charge is 2.41. The number of benzene rings is 8. The maximum absolute atomic E-state index is 15.6. The molecule has 77 heavy (non-hydrogen) atoms. The summed E-state index contributed by atoms with van der Waals surface area (Å²) >= 11 is 0. The molecule has 3 heterocycles. The second-order valence-electron chi connectivity index (χ2n) is 24.8. The number of halogens is 2. The molecule has 0 radical (unpaired) electrons. The van der Waals surface area contributed by atoms with E-state index >= 15 is 8.78 Å². The van der Waals surface area contributed by atoms with Crippen LogP contribution in [0.4, 0.5) is 31.5 Å². The van der Waals surface area contributed by atoms with E-state index in [0.29, 0.717) is 22.6 Å². The first-order valence-corrected chi connectivity index (χ1v) is 26.6. The monoisotopic (exact) mass is 1020 g/mol. The first kappa shape index (κ1) is 50.9. The number of aromatic nitrogens is 2. The molecule has 0 atom stereocenters. The summed E-state index contributed by atoms with van der Waals surface area (Å²) in [6, 6.07) is 62.8. The molecule has 384 valence electrons. The van der Waals surface area contributed by atoms with Crippen molar-refractivity contribution >= 4 is 50.6 Å². The molecule has 0 saturated heterocycles. The van der Waals surface area contributed by atoms with Gasteiger partial charge in [-0.2, -0.15) is 0 Å². The standard InChI is InChI=1S/C70H66F2N4O/c1-67(2,3)48-28-29-73-65(39-48)76-61-23-17-16-22-57(61)58-27-26-55(42-64(58)76)77-56-35-45(44-20-14-13-15-21-44)34-54(41-56)74-43-75(63-25-19-18-24-62(63)74)66-59(46-30-49(68(4,5)6)36-50(31-46)69(7,8)9)37-51(70(10,11)12)38-60(66)47-32-52(71)40-53(72)33-47/h13-42H,1-12H3/q+2. The fourth-order valence-electron chi connectivity index (χ4n) is 10.5. The van der Waals surface area contributed by atoms with Gasteiger partial charge in [-0.3, -0.25) is 4.57 Å². The molecule has 1 aliphatic heterocycles. The maximum Gasteiger partial charge on any atom is 0.503 e. The average Bonchev–Trinajstić information content (AvgIpc) is 3.99. The van der Waals surface area contributed by atoms with Gasteiger partial charge in [-0.25, -0.2) is 13.8 Å². The molecule has 7 heteroatoms. The van der Waals surface area contributed by atoms with Gasteiger partial charge < -0.3 is 4.74 Å². The zero-order valence-electron chi connectivity index (χ0n) is 46.3. The van der Waals surface area contributed by atoms with Gasteiger partial charge in [-0.1, -0.05) is 162 Å². The third-order valence-corrected chi connectivity index (χ3v) is 14.9. The summed E-state index contributed by atoms with van der Waals surface area (Å²) in [6.45, 7) is 26.7. The molecule has 0 aliphatic carbocycles. The predicted octanol–water partition coefficient (Wildman–Crippen LogP) is 19.3. The van der Waals surface area contributed by atoms with Gasteiger partial charge in [0, 0.05) is 47.3 Å². The number of hydrogen-bond donors (Lipinski definition) is 0. The van der Waals surface area contributed by atoms with Gasteiger partial charge in [0.05, 0.1) is 28.2 Å². The number of para-hydroxylation sites is 3. The number of pyridine rings is 1. The third kappa shape index (κ3) is 9.81. The van der Waals surface area contributed by atoms with E-state index in [9.17, 15) is 0 Å². The van der Waals surface area contributed by atoms with E-state index in [1.807, 2.05) is 42.6 Å². The van der Waals surface area contributed by atoms with Gasteiger partial charge in [0.2, 0.25) is 11.4 Å². The van der Waals surface area contributed by atoms with Crippen LogP contribution in [0.2, 0.25) is 0 Å². The molecule has 0 spiro atoms. The SMILES string of the molecule is CC(C)(C)c1cc(-c2cc(C(C)(C)C)cc(-c3cc(F)cc(F)c3)c2[N+]2=C=[N+](c3cc(Oc4ccc5c6ccccc6n(-c6cc(C(C)(C)C)ccn6)c5c4)cc(-c4ccccc4)c3)c3ccccc32)cc(C(C)(C)C)c1. The topological polar surface area (TPSA) is 33.1 Å². The molecular weight excluding hydrogens is 951 g/mol. The van der Waals surface area contributed by atoms with Crippen LogP contribution >= 0.6 is 0 Å². The fourth-order valence-corrected chi connectivity index (χ4v) is 10.5. The van der Waals surface area contributed by atoms with E-state index in [1.165, 1.54) is 28.8 Å². The Morgan fingerprint density at radius 3 is 1.62 bits per heavy atom. The average molecular weight is 1020 g/mol. The van der Waals surface area contributed by atoms with Gasteiger partial charge in [-0.05, 0) is 136 Å². The first-order valence-electron chi connectivity index (χ1n) is 26.6. The summed E-state index contributed by atoms with van der Waals surface area (Å²) in [5.74, 6) is 0.854. The number of hydrogen-bond acceptors (Lipinski definition) is 2. The summed E-state index contributed by atoms with van der Waals surface area (Å²) in [5.41, 5.74) is 14.2. The smallest absolute Gasteiger partial charge is 0.457 e. The van der Waals surface area contributed by atoms with Crippen LogP contribution in [0.1, 0.15) is 105 Å². The van der Waals surface area contributed by atoms with Crippen LogP contribution < -0.4 is 13.9 Å². The largest absolute Gasteiger partial charge is 0.503 e. The Morgan fingerprint density at radius 2 is 0.987 bits per heavy atom. The zero-order chi connectivity index (χ0) is 54.3. The molecule has 0 amide bonds. The van der Waals surface area contributed by atoms with E-state index in [0.717, 1.165) is 84.3 Å². The molecule has 0 bridgehead atoms. The van der Waals surface area contributed by atoms with Crippen LogP contribution in [-0.4, -0.2) is 15.6 Å². The van der Waals surface area contributed by atoms with Gasteiger partial charge in [0.15, 0.2) is 0 Å². The van der Waals surface area contributed by atoms with Gasteiger partial charge in [0.25, 0.3) is 11.4 Å². The van der Waals surface area contributed by atoms with Crippen molar-refractivity contribution in [3.8, 4) is 50.7 Å². The summed E-state index contributed by atoms with van der Waals surface area (Å²) < 4.78 is 44.7. The van der Waals surface area contributed by atoms with Crippen molar-refractivity contribution in [3.05, 3.63) is 216 Å². The second-order valence-corrected chi connectivity index (χ2v) is 24.8. The van der Waals surface area contributed by atoms with Crippen LogP contribution in [0.25, 0.3) is 61.0 Å². The molecule has 0 unspecified atom stereocenters. The molecule has 0 saturated carbocycles. The van der Waals surface area contributed by atoms with Crippen molar-refractivity contribution in [3.63, 3.8) is 0 Å². The minimum absolute atomic E-state index is 0.0652. The summed E-state index contributed by atoms with van der Waals surface area (Å²) in [6.07, 6.45) is 1.90. The van der Waals surface area contributed by atoms with Crippen molar-refractivity contribution in [1.82, 2.24) is 18.7 Å². The Balaban J connectivity index is 1.16. The molecule has 8 aromatic carbocycles. The quantitative estimate of drug-likeness (QED) is 0.142. The van der Waals surface area contributed by atoms with Crippen LogP contribution in [0.15, 0.2) is 182 Å². The van der Waals surface area contributed by atoms with E-state index < -0.39 is 11.6 Å². The van der Waals surface area contributed by atoms with Gasteiger partial charge in [-0.15, -0.1) is 0 Å². The zero-order valence-corrected chi connectivity index (χ0v) is 46.3. The van der Waals surface area contributed by atoms with Crippen LogP contribution in [0.5, 0.6) is 11.5 Å². The van der Waals surface area contributed by atoms with Gasteiger partial charge in [0.1, 0.15) is 29.0 Å². The Hall–Kier alpha value is -8.25. The van der Waals surface area contributed by atoms with Crippen LogP contribution in [0.3, 0.4) is 0 Å². The number of nitrogens with zero attached hydrogens (tertiary/aromatic N) is 4. The Bertz CT molecular complexity index is 4000. The highest BCUT2D eigenvalue weighted by atomic mass is 19.1. The maximum atomic E-state index is 15.6. The summed E-state index contributed by atoms with van der Waals surface area (Å²) in [4.78, 5) is 4.92. The molecule has 2 aromatic heterocycles. The first-order chi connectivity index (χ1) is 36.5. The van der Waals surface area contributed by atoms with Crippen molar-refractivity contribution < 1.29 is 13.5 Å². The lowest BCUT2D eigenvalue weighted by Gasteiger charge is -2.27. The van der Waals surface area contributed by atoms with Crippen LogP contribution in [-0.2, 0) is 21.7 Å². The lowest BCUT2D eigenvalue weighted by molar-refractivity contribution is 0.483. The Kier molecular flexibility index (Phi) is 12.4. The summed E-state index contributed by atoms with van der Waals surface area (Å²) in [7, 11) is 0. The lowest BCUT2D eigenvalue weighted by Crippen LogP contribution is -2.17. The molecule has 0 fully saturated rings. The number of rotatable bonds is 8. The van der Waals surface area contributed by atoms with Crippen molar-refractivity contribution in [2.24, 2.45) is 0 Å². The van der Waals surface area contributed by atoms with E-state index in [-0.39, 0.29) is 21.7 Å². The summed E-state index contributed by atoms with van der Waals surface area (Å²) in [5, 5.41) is 2.23. The predicted molar refractivity (Wildman–Crippen MR) is 317 cm³/mol. The lowest BCUT2D eigenvalue weighted by atomic mass is 9.77. The van der Waals surface area contributed by atoms with Crippen molar-refractivity contribution in [1.29, 1.82) is 0 Å². The third-order valence-electron chi connectivity index (χ3n) is 14.9. The molecule has 5 nitrogen and oxygen atoms in total. The number of fused-ring (bicyclic) bond motifs is 4. The molecule has 11 rings (SSSR count). The molecule has 0 N–H and O–H groups in total. The van der Waals surface area contributed by atoms with E-state index in [4.69, 9.17) is 9.72 Å². The van der Waals surface area contributed by atoms with E-state index in [1.54, 1.807) is 0 Å². The Labute approximate surface area is 452 Å². The Morgan fingerprint density at radius 1 is 0.429 bits per heavy atom. The highest BCUT2D eigenvalue weighted by molar-refractivity contribution is 6.09. The van der Waals surface area contributed by atoms with Gasteiger partial charge >= 0.3 is 6.01 Å². The van der Waals surface area contributed by atoms with Crippen molar-refractivity contribution in [2.45, 2.75) is 105 Å². The minimum Gasteiger partial charge on any atom is -0.457 e. The number of ether oxygens (including phenoxy) is 1. The molecule has 10 aromatic rings.